The van der Waals surface area contributed by atoms with Crippen LogP contribution in [0.3, 0.4) is 0 Å². The summed E-state index contributed by atoms with van der Waals surface area (Å²) in [5.74, 6) is -3.18. The number of nitrogen functional groups attached to an aromatic ring is 1. The highest BCUT2D eigenvalue weighted by atomic mass is 19.1. The number of esters is 1. The maximum absolute atomic E-state index is 14.5. The lowest BCUT2D eigenvalue weighted by Gasteiger charge is -2.37. The van der Waals surface area contributed by atoms with Crippen LogP contribution in [0.1, 0.15) is 74.8 Å². The first-order valence-corrected chi connectivity index (χ1v) is 14.6. The fourth-order valence-corrected chi connectivity index (χ4v) is 5.64. The quantitative estimate of drug-likeness (QED) is 0.328. The van der Waals surface area contributed by atoms with E-state index in [9.17, 15) is 23.2 Å². The number of piperidine rings is 1. The van der Waals surface area contributed by atoms with Crippen molar-refractivity contribution in [1.82, 2.24) is 20.3 Å². The lowest BCUT2D eigenvalue weighted by molar-refractivity contribution is -0.146. The molecule has 2 aliphatic rings. The van der Waals surface area contributed by atoms with E-state index >= 15 is 0 Å². The molecule has 0 spiro atoms. The van der Waals surface area contributed by atoms with Gasteiger partial charge >= 0.3 is 12.1 Å². The van der Waals surface area contributed by atoms with Crippen molar-refractivity contribution in [2.24, 2.45) is 0 Å². The zero-order chi connectivity index (χ0) is 32.5. The Morgan fingerprint density at radius 1 is 1.09 bits per heavy atom. The molecular formula is C31H35F2N7O5. The van der Waals surface area contributed by atoms with Gasteiger partial charge in [0.05, 0.1) is 40.7 Å². The number of pyridine rings is 1. The largest absolute Gasteiger partial charge is 0.456 e. The Balaban J connectivity index is 1.48. The molecule has 14 heteroatoms. The first kappa shape index (κ1) is 31.5. The smallest absolute Gasteiger partial charge is 0.407 e. The van der Waals surface area contributed by atoms with Crippen LogP contribution in [0.2, 0.25) is 0 Å². The summed E-state index contributed by atoms with van der Waals surface area (Å²) in [6.45, 7) is 7.70. The van der Waals surface area contributed by atoms with Gasteiger partial charge in [0.1, 0.15) is 23.3 Å². The van der Waals surface area contributed by atoms with E-state index in [1.807, 2.05) is 4.90 Å². The average Bonchev–Trinajstić information content (AvgIpc) is 3.34. The van der Waals surface area contributed by atoms with Crippen molar-refractivity contribution in [1.29, 1.82) is 0 Å². The molecule has 45 heavy (non-hydrogen) atoms. The molecule has 2 aromatic heterocycles. The molecule has 238 valence electrons. The minimum atomic E-state index is -0.868. The molecular weight excluding hydrogens is 588 g/mol. The molecule has 3 aromatic rings. The number of amides is 2. The summed E-state index contributed by atoms with van der Waals surface area (Å²) in [5.41, 5.74) is 6.71. The lowest BCUT2D eigenvalue weighted by atomic mass is 10.0. The maximum atomic E-state index is 14.5. The van der Waals surface area contributed by atoms with Gasteiger partial charge < -0.3 is 30.7 Å². The van der Waals surface area contributed by atoms with Gasteiger partial charge in [-0.2, -0.15) is 0 Å². The summed E-state index contributed by atoms with van der Waals surface area (Å²) in [4.78, 5) is 52.6. The van der Waals surface area contributed by atoms with Crippen LogP contribution in [-0.2, 0) is 20.7 Å². The Bertz CT molecular complexity index is 1620. The molecule has 4 N–H and O–H groups in total. The molecule has 1 unspecified atom stereocenters. The van der Waals surface area contributed by atoms with Crippen molar-refractivity contribution in [3.8, 4) is 11.3 Å². The number of nitrogens with zero attached hydrogens (tertiary/aromatic N) is 4. The van der Waals surface area contributed by atoms with Crippen LogP contribution in [0, 0.1) is 11.6 Å². The maximum Gasteiger partial charge on any atom is 0.407 e. The number of hydrogen-bond donors (Lipinski definition) is 3. The molecule has 2 amide bonds. The summed E-state index contributed by atoms with van der Waals surface area (Å²) in [6, 6.07) is 3.12. The number of fused-ring (bicyclic) bond motifs is 1. The van der Waals surface area contributed by atoms with Gasteiger partial charge in [-0.25, -0.2) is 23.5 Å². The van der Waals surface area contributed by atoms with Crippen LogP contribution in [0.25, 0.3) is 11.3 Å². The Hall–Kier alpha value is -4.88. The number of hydrogen-bond acceptors (Lipinski definition) is 10. The third-order valence-electron chi connectivity index (χ3n) is 7.39. The molecule has 1 fully saturated rings. The standard InChI is InChI=1S/C31H35F2N7O5/c1-16(41)44-23-11-10-18-25(23)35-14-22(27(18)40-12-6-7-17(15-40)37-30(43)45-31(2,3)4)39-29(42)26-28(34)36-13-21(38-26)24-19(32)8-5-9-20(24)33/h5,8-9,13-14,17,23H,6-7,10-12,15H2,1-4H3,(H2,34,36)(H,37,43)(H,39,42)/t17-,23?/m0/s1. The minimum Gasteiger partial charge on any atom is -0.456 e. The van der Waals surface area contributed by atoms with Crippen LogP contribution >= 0.6 is 0 Å². The Labute approximate surface area is 258 Å². The van der Waals surface area contributed by atoms with Gasteiger partial charge in [-0.15, -0.1) is 0 Å². The van der Waals surface area contributed by atoms with E-state index < -0.39 is 46.9 Å². The average molecular weight is 624 g/mol. The topological polar surface area (TPSA) is 162 Å². The fraction of sp³-hybridized carbons (Fsp3) is 0.419. The monoisotopic (exact) mass is 623 g/mol. The van der Waals surface area contributed by atoms with E-state index in [2.05, 4.69) is 25.6 Å². The van der Waals surface area contributed by atoms with Gasteiger partial charge in [-0.3, -0.25) is 14.6 Å². The summed E-state index contributed by atoms with van der Waals surface area (Å²) in [5, 5.41) is 5.74. The molecule has 3 heterocycles. The van der Waals surface area contributed by atoms with Crippen molar-refractivity contribution in [2.45, 2.75) is 71.1 Å². The van der Waals surface area contributed by atoms with Crippen molar-refractivity contribution in [3.63, 3.8) is 0 Å². The van der Waals surface area contributed by atoms with Crippen LogP contribution in [0.4, 0.5) is 30.8 Å². The molecule has 0 bridgehead atoms. The van der Waals surface area contributed by atoms with E-state index in [1.54, 1.807) is 20.8 Å². The number of nitrogens with two attached hydrogens (primary N) is 1. The number of nitrogens with one attached hydrogen (secondary N) is 2. The Morgan fingerprint density at radius 2 is 1.82 bits per heavy atom. The molecule has 1 saturated heterocycles. The summed E-state index contributed by atoms with van der Waals surface area (Å²) in [7, 11) is 0. The van der Waals surface area contributed by atoms with Gasteiger partial charge in [0.25, 0.3) is 5.91 Å². The molecule has 0 saturated carbocycles. The van der Waals surface area contributed by atoms with Crippen LogP contribution in [0.15, 0.2) is 30.6 Å². The number of ether oxygens (including phenoxy) is 2. The molecule has 5 rings (SSSR count). The predicted molar refractivity (Wildman–Crippen MR) is 161 cm³/mol. The van der Waals surface area contributed by atoms with Gasteiger partial charge in [-0.05, 0) is 58.6 Å². The molecule has 2 atom stereocenters. The van der Waals surface area contributed by atoms with Crippen LogP contribution in [0.5, 0.6) is 0 Å². The number of benzene rings is 1. The molecule has 1 aliphatic heterocycles. The summed E-state index contributed by atoms with van der Waals surface area (Å²) in [6.07, 6.45) is 3.95. The normalized spacial score (nSPS) is 17.8. The third kappa shape index (κ3) is 7.10. The fourth-order valence-electron chi connectivity index (χ4n) is 5.64. The SMILES string of the molecule is CC(=O)OC1CCc2c1ncc(NC(=O)c1nc(-c3c(F)cccc3F)cnc1N)c2N1CCC[C@H](NC(=O)OC(C)(C)C)C1. The van der Waals surface area contributed by atoms with Crippen molar-refractivity contribution < 1.29 is 32.6 Å². The van der Waals surface area contributed by atoms with Gasteiger partial charge in [0.15, 0.2) is 11.5 Å². The lowest BCUT2D eigenvalue weighted by Crippen LogP contribution is -2.49. The number of alkyl carbamates (subject to hydrolysis) is 1. The number of carbonyl (C=O) groups is 3. The van der Waals surface area contributed by atoms with E-state index in [0.717, 1.165) is 30.3 Å². The van der Waals surface area contributed by atoms with E-state index in [1.165, 1.54) is 19.2 Å². The van der Waals surface area contributed by atoms with E-state index in [0.29, 0.717) is 49.4 Å². The Kier molecular flexibility index (Phi) is 8.84. The third-order valence-corrected chi connectivity index (χ3v) is 7.39. The summed E-state index contributed by atoms with van der Waals surface area (Å²) < 4.78 is 39.9. The van der Waals surface area contributed by atoms with Crippen LogP contribution in [-0.4, -0.2) is 57.7 Å². The first-order chi connectivity index (χ1) is 21.3. The Morgan fingerprint density at radius 3 is 2.51 bits per heavy atom. The van der Waals surface area contributed by atoms with Gasteiger partial charge in [-0.1, -0.05) is 6.07 Å². The van der Waals surface area contributed by atoms with E-state index in [4.69, 9.17) is 15.2 Å². The molecule has 0 radical (unpaired) electrons. The molecule has 1 aliphatic carbocycles. The van der Waals surface area contributed by atoms with Crippen LogP contribution < -0.4 is 21.3 Å². The second kappa shape index (κ2) is 12.6. The number of rotatable bonds is 6. The van der Waals surface area contributed by atoms with Gasteiger partial charge in [0, 0.05) is 31.6 Å². The second-order valence-electron chi connectivity index (χ2n) is 12.0. The number of carbonyl (C=O) groups excluding carboxylic acids is 3. The van der Waals surface area contributed by atoms with Gasteiger partial charge in [0.2, 0.25) is 0 Å². The number of anilines is 3. The highest BCUT2D eigenvalue weighted by molar-refractivity contribution is 6.07. The minimum absolute atomic E-state index is 0.200. The molecule has 1 aromatic carbocycles. The summed E-state index contributed by atoms with van der Waals surface area (Å²) >= 11 is 0. The molecule has 12 nitrogen and oxygen atoms in total. The highest BCUT2D eigenvalue weighted by Crippen LogP contribution is 2.43. The predicted octanol–water partition coefficient (Wildman–Crippen LogP) is 4.70. The zero-order valence-corrected chi connectivity index (χ0v) is 25.4. The number of halogens is 2. The zero-order valence-electron chi connectivity index (χ0n) is 25.4. The van der Waals surface area contributed by atoms with Crippen molar-refractivity contribution >= 4 is 35.2 Å². The first-order valence-electron chi connectivity index (χ1n) is 14.6. The van der Waals surface area contributed by atoms with Crippen molar-refractivity contribution in [2.75, 3.05) is 29.0 Å². The van der Waals surface area contributed by atoms with Crippen molar-refractivity contribution in [3.05, 3.63) is 59.2 Å². The number of aromatic nitrogens is 3. The highest BCUT2D eigenvalue weighted by Gasteiger charge is 2.34. The second-order valence-corrected chi connectivity index (χ2v) is 12.0. The van der Waals surface area contributed by atoms with E-state index in [-0.39, 0.29) is 23.2 Å².